The van der Waals surface area contributed by atoms with Gasteiger partial charge in [-0.3, -0.25) is 0 Å². The topological polar surface area (TPSA) is 47.8 Å². The van der Waals surface area contributed by atoms with Gasteiger partial charge in [0, 0.05) is 12.1 Å². The molecule has 0 aliphatic carbocycles. The van der Waals surface area contributed by atoms with Crippen LogP contribution < -0.4 is 10.5 Å². The van der Waals surface area contributed by atoms with Crippen molar-refractivity contribution in [3.63, 3.8) is 0 Å². The second-order valence-corrected chi connectivity index (χ2v) is 3.88. The van der Waals surface area contributed by atoms with Crippen molar-refractivity contribution in [2.45, 2.75) is 6.10 Å². The fourth-order valence-electron chi connectivity index (χ4n) is 0.998. The van der Waals surface area contributed by atoms with E-state index in [1.54, 1.807) is 12.1 Å². The van der Waals surface area contributed by atoms with Gasteiger partial charge < -0.3 is 15.2 Å². The van der Waals surface area contributed by atoms with Crippen LogP contribution in [0.4, 0.5) is 5.69 Å². The van der Waals surface area contributed by atoms with Crippen molar-refractivity contribution in [3.8, 4) is 5.75 Å². The molecule has 0 aromatic heterocycles. The molecular weight excluding hydrogens is 225 g/mol. The van der Waals surface area contributed by atoms with Gasteiger partial charge in [-0.1, -0.05) is 23.2 Å². The van der Waals surface area contributed by atoms with Gasteiger partial charge in [-0.25, -0.2) is 0 Å². The van der Waals surface area contributed by atoms with E-state index in [0.29, 0.717) is 28.1 Å². The molecule has 2 N–H and O–H groups in total. The fourth-order valence-corrected chi connectivity index (χ4v) is 1.46. The number of halogens is 2. The summed E-state index contributed by atoms with van der Waals surface area (Å²) in [4.78, 5) is 0. The second kappa shape index (κ2) is 3.85. The average molecular weight is 234 g/mol. The van der Waals surface area contributed by atoms with Crippen LogP contribution in [0.2, 0.25) is 10.0 Å². The summed E-state index contributed by atoms with van der Waals surface area (Å²) in [6, 6.07) is 3.29. The largest absolute Gasteiger partial charge is 0.491 e. The summed E-state index contributed by atoms with van der Waals surface area (Å²) in [5.74, 6) is 0.615. The van der Waals surface area contributed by atoms with Gasteiger partial charge in [-0.2, -0.15) is 0 Å². The Hall–Kier alpha value is -0.640. The van der Waals surface area contributed by atoms with E-state index in [2.05, 4.69) is 0 Å². The van der Waals surface area contributed by atoms with E-state index >= 15 is 0 Å². The lowest BCUT2D eigenvalue weighted by Crippen LogP contribution is -2.04. The van der Waals surface area contributed by atoms with Crippen molar-refractivity contribution in [1.29, 1.82) is 0 Å². The zero-order chi connectivity index (χ0) is 10.1. The maximum Gasteiger partial charge on any atom is 0.122 e. The van der Waals surface area contributed by atoms with Crippen LogP contribution >= 0.6 is 23.2 Å². The van der Waals surface area contributed by atoms with Crippen molar-refractivity contribution >= 4 is 28.9 Å². The Morgan fingerprint density at radius 3 is 2.50 bits per heavy atom. The van der Waals surface area contributed by atoms with Gasteiger partial charge in [0.1, 0.15) is 18.5 Å². The summed E-state index contributed by atoms with van der Waals surface area (Å²) in [7, 11) is 0. The molecule has 0 bridgehead atoms. The highest BCUT2D eigenvalue weighted by atomic mass is 35.5. The lowest BCUT2D eigenvalue weighted by molar-refractivity contribution is 0.263. The quantitative estimate of drug-likeness (QED) is 0.645. The molecule has 1 aromatic rings. The molecule has 0 radical (unpaired) electrons. The van der Waals surface area contributed by atoms with Gasteiger partial charge >= 0.3 is 0 Å². The third kappa shape index (κ3) is 2.23. The Morgan fingerprint density at radius 1 is 1.43 bits per heavy atom. The molecule has 5 heteroatoms. The van der Waals surface area contributed by atoms with Crippen molar-refractivity contribution in [2.24, 2.45) is 0 Å². The van der Waals surface area contributed by atoms with Crippen LogP contribution in [-0.4, -0.2) is 19.3 Å². The summed E-state index contributed by atoms with van der Waals surface area (Å²) in [5.41, 5.74) is 5.95. The first kappa shape index (κ1) is 9.90. The lowest BCUT2D eigenvalue weighted by atomic mass is 10.3. The monoisotopic (exact) mass is 233 g/mol. The van der Waals surface area contributed by atoms with Crippen LogP contribution in [0.25, 0.3) is 0 Å². The summed E-state index contributed by atoms with van der Waals surface area (Å²) < 4.78 is 10.4. The van der Waals surface area contributed by atoms with Crippen LogP contribution in [0.5, 0.6) is 5.75 Å². The number of epoxide rings is 1. The highest BCUT2D eigenvalue weighted by molar-refractivity contribution is 6.39. The molecule has 0 amide bonds. The first-order chi connectivity index (χ1) is 6.66. The molecule has 1 saturated heterocycles. The Morgan fingerprint density at radius 2 is 2.00 bits per heavy atom. The molecule has 1 aliphatic rings. The SMILES string of the molecule is Nc1c(Cl)cc(OCC2CO2)cc1Cl. The zero-order valence-electron chi connectivity index (χ0n) is 7.30. The minimum absolute atomic E-state index is 0.213. The smallest absolute Gasteiger partial charge is 0.122 e. The molecule has 14 heavy (non-hydrogen) atoms. The van der Waals surface area contributed by atoms with E-state index < -0.39 is 0 Å². The molecular formula is C9H9Cl2NO2. The molecule has 3 nitrogen and oxygen atoms in total. The first-order valence-electron chi connectivity index (χ1n) is 4.16. The van der Waals surface area contributed by atoms with Crippen LogP contribution in [0.3, 0.4) is 0 Å². The molecule has 76 valence electrons. The molecule has 1 aliphatic heterocycles. The zero-order valence-corrected chi connectivity index (χ0v) is 8.81. The van der Waals surface area contributed by atoms with E-state index in [4.69, 9.17) is 38.4 Å². The van der Waals surface area contributed by atoms with E-state index in [9.17, 15) is 0 Å². The van der Waals surface area contributed by atoms with E-state index in [-0.39, 0.29) is 6.10 Å². The molecule has 0 spiro atoms. The van der Waals surface area contributed by atoms with Gasteiger partial charge in [0.2, 0.25) is 0 Å². The molecule has 0 saturated carbocycles. The molecule has 1 heterocycles. The predicted octanol–water partition coefficient (Wildman–Crippen LogP) is 2.35. The second-order valence-electron chi connectivity index (χ2n) is 3.07. The Labute approximate surface area is 91.7 Å². The van der Waals surface area contributed by atoms with Crippen molar-refractivity contribution in [2.75, 3.05) is 18.9 Å². The molecule has 2 rings (SSSR count). The Bertz CT molecular complexity index is 330. The molecule has 1 unspecified atom stereocenters. The van der Waals surface area contributed by atoms with Gasteiger partial charge in [0.05, 0.1) is 22.3 Å². The van der Waals surface area contributed by atoms with E-state index in [1.807, 2.05) is 0 Å². The summed E-state index contributed by atoms with van der Waals surface area (Å²) >= 11 is 11.7. The van der Waals surface area contributed by atoms with Gasteiger partial charge in [0.15, 0.2) is 0 Å². The van der Waals surface area contributed by atoms with Crippen LogP contribution in [0, 0.1) is 0 Å². The molecule has 1 aromatic carbocycles. The normalized spacial score (nSPS) is 19.4. The summed E-state index contributed by atoms with van der Waals surface area (Å²) in [5, 5.41) is 0.813. The van der Waals surface area contributed by atoms with Crippen LogP contribution in [-0.2, 0) is 4.74 Å². The van der Waals surface area contributed by atoms with Gasteiger partial charge in [-0.05, 0) is 0 Å². The van der Waals surface area contributed by atoms with Crippen molar-refractivity contribution < 1.29 is 9.47 Å². The summed E-state index contributed by atoms with van der Waals surface area (Å²) in [6.45, 7) is 1.28. The first-order valence-corrected chi connectivity index (χ1v) is 4.91. The standard InChI is InChI=1S/C9H9Cl2NO2/c10-7-1-5(2-8(11)9(7)12)13-3-6-4-14-6/h1-2,6H,3-4,12H2. The number of hydrogen-bond acceptors (Lipinski definition) is 3. The maximum absolute atomic E-state index is 5.83. The third-order valence-electron chi connectivity index (χ3n) is 1.89. The Kier molecular flexibility index (Phi) is 2.72. The number of nitrogen functional groups attached to an aromatic ring is 1. The number of nitrogens with two attached hydrogens (primary N) is 1. The van der Waals surface area contributed by atoms with E-state index in [1.165, 1.54) is 0 Å². The maximum atomic E-state index is 5.83. The fraction of sp³-hybridized carbons (Fsp3) is 0.333. The minimum Gasteiger partial charge on any atom is -0.491 e. The molecule has 1 fully saturated rings. The van der Waals surface area contributed by atoms with Crippen LogP contribution in [0.15, 0.2) is 12.1 Å². The third-order valence-corrected chi connectivity index (χ3v) is 2.52. The Balaban J connectivity index is 2.08. The number of rotatable bonds is 3. The van der Waals surface area contributed by atoms with E-state index in [0.717, 1.165) is 6.61 Å². The number of ether oxygens (including phenoxy) is 2. The van der Waals surface area contributed by atoms with Crippen LogP contribution in [0.1, 0.15) is 0 Å². The average Bonchev–Trinajstić information content (AvgIpc) is 2.94. The lowest BCUT2D eigenvalue weighted by Gasteiger charge is -2.07. The predicted molar refractivity (Wildman–Crippen MR) is 56.1 cm³/mol. The van der Waals surface area contributed by atoms with Crippen molar-refractivity contribution in [1.82, 2.24) is 0 Å². The van der Waals surface area contributed by atoms with Gasteiger partial charge in [0.25, 0.3) is 0 Å². The minimum atomic E-state index is 0.213. The van der Waals surface area contributed by atoms with Gasteiger partial charge in [-0.15, -0.1) is 0 Å². The molecule has 1 atom stereocenters. The number of hydrogen-bond donors (Lipinski definition) is 1. The number of benzene rings is 1. The summed E-state index contributed by atoms with van der Waals surface area (Å²) in [6.07, 6.45) is 0.213. The number of anilines is 1. The highest BCUT2D eigenvalue weighted by Crippen LogP contribution is 2.32. The highest BCUT2D eigenvalue weighted by Gasteiger charge is 2.23. The van der Waals surface area contributed by atoms with Crippen molar-refractivity contribution in [3.05, 3.63) is 22.2 Å².